The van der Waals surface area contributed by atoms with Gasteiger partial charge in [0.2, 0.25) is 0 Å². The van der Waals surface area contributed by atoms with E-state index in [2.05, 4.69) is 5.32 Å². The Hall–Kier alpha value is -1.55. The van der Waals surface area contributed by atoms with Crippen molar-refractivity contribution in [1.29, 1.82) is 0 Å². The molecule has 0 aliphatic heterocycles. The van der Waals surface area contributed by atoms with Crippen LogP contribution in [0.3, 0.4) is 0 Å². The quantitative estimate of drug-likeness (QED) is 0.841. The largest absolute Gasteiger partial charge is 0.481 e. The molecule has 20 heavy (non-hydrogen) atoms. The van der Waals surface area contributed by atoms with Gasteiger partial charge in [0.05, 0.1) is 6.10 Å². The molecule has 2 N–H and O–H groups in total. The Kier molecular flexibility index (Phi) is 6.02. The number of nitrogens with one attached hydrogen (secondary N) is 1. The summed E-state index contributed by atoms with van der Waals surface area (Å²) in [5, 5.41) is 12.6. The first kappa shape index (κ1) is 16.5. The third kappa shape index (κ3) is 4.53. The minimum absolute atomic E-state index is 0.127. The molecule has 0 saturated heterocycles. The molecular weight excluding hydrogens is 254 g/mol. The molecule has 0 radical (unpaired) electrons. The number of rotatable bonds is 6. The zero-order valence-corrected chi connectivity index (χ0v) is 12.9. The third-order valence-electron chi connectivity index (χ3n) is 3.29. The molecule has 0 bridgehead atoms. The normalized spacial score (nSPS) is 15.3. The van der Waals surface area contributed by atoms with Crippen LogP contribution >= 0.6 is 0 Å². The fraction of sp³-hybridized carbons (Fsp3) is 0.562. The summed E-state index contributed by atoms with van der Waals surface area (Å²) in [6, 6.07) is 5.71. The van der Waals surface area contributed by atoms with Gasteiger partial charge in [-0.05, 0) is 45.7 Å². The van der Waals surface area contributed by atoms with E-state index >= 15 is 0 Å². The van der Waals surface area contributed by atoms with Gasteiger partial charge in [0.25, 0.3) is 5.91 Å². The SMILES string of the molecule is CCC(C)NC(=O)C(C)Oc1cc(C)ccc1[C@H](C)O. The van der Waals surface area contributed by atoms with E-state index in [9.17, 15) is 9.90 Å². The van der Waals surface area contributed by atoms with Crippen LogP contribution in [0.2, 0.25) is 0 Å². The van der Waals surface area contributed by atoms with Crippen LogP contribution in [-0.2, 0) is 4.79 Å². The standard InChI is InChI=1S/C16H25NO3/c1-6-11(3)17-16(19)13(5)20-15-9-10(2)7-8-14(15)12(4)18/h7-9,11-13,18H,6H2,1-5H3,(H,17,19)/t11?,12-,13?/m0/s1. The molecule has 1 aromatic rings. The van der Waals surface area contributed by atoms with Crippen LogP contribution in [-0.4, -0.2) is 23.2 Å². The molecule has 4 nitrogen and oxygen atoms in total. The molecule has 1 amide bonds. The van der Waals surface area contributed by atoms with Crippen LogP contribution in [0.25, 0.3) is 0 Å². The van der Waals surface area contributed by atoms with E-state index in [1.807, 2.05) is 39.0 Å². The molecule has 2 unspecified atom stereocenters. The zero-order valence-electron chi connectivity index (χ0n) is 12.9. The van der Waals surface area contributed by atoms with Gasteiger partial charge in [-0.15, -0.1) is 0 Å². The maximum atomic E-state index is 12.0. The van der Waals surface area contributed by atoms with Crippen molar-refractivity contribution in [3.8, 4) is 5.75 Å². The lowest BCUT2D eigenvalue weighted by atomic mass is 10.1. The summed E-state index contributed by atoms with van der Waals surface area (Å²) in [7, 11) is 0. The number of aryl methyl sites for hydroxylation is 1. The molecule has 0 aliphatic rings. The van der Waals surface area contributed by atoms with Gasteiger partial charge in [-0.25, -0.2) is 0 Å². The Balaban J connectivity index is 2.81. The monoisotopic (exact) mass is 279 g/mol. The number of ether oxygens (including phenoxy) is 1. The van der Waals surface area contributed by atoms with E-state index in [1.165, 1.54) is 0 Å². The first-order chi connectivity index (χ1) is 9.35. The highest BCUT2D eigenvalue weighted by Crippen LogP contribution is 2.27. The lowest BCUT2D eigenvalue weighted by Gasteiger charge is -2.20. The molecule has 1 rings (SSSR count). The van der Waals surface area contributed by atoms with E-state index in [1.54, 1.807) is 13.8 Å². The van der Waals surface area contributed by atoms with Crippen molar-refractivity contribution in [3.63, 3.8) is 0 Å². The lowest BCUT2D eigenvalue weighted by molar-refractivity contribution is -0.127. The minimum atomic E-state index is -0.629. The molecule has 0 saturated carbocycles. The van der Waals surface area contributed by atoms with Gasteiger partial charge in [-0.2, -0.15) is 0 Å². The van der Waals surface area contributed by atoms with E-state index in [4.69, 9.17) is 4.74 Å². The van der Waals surface area contributed by atoms with Crippen LogP contribution in [0.15, 0.2) is 18.2 Å². The van der Waals surface area contributed by atoms with Crippen LogP contribution < -0.4 is 10.1 Å². The average molecular weight is 279 g/mol. The third-order valence-corrected chi connectivity index (χ3v) is 3.29. The highest BCUT2D eigenvalue weighted by molar-refractivity contribution is 5.81. The predicted octanol–water partition coefficient (Wildman–Crippen LogP) is 2.73. The van der Waals surface area contributed by atoms with Crippen LogP contribution in [0.4, 0.5) is 0 Å². The molecule has 0 heterocycles. The number of amides is 1. The Morgan fingerprint density at radius 1 is 1.35 bits per heavy atom. The van der Waals surface area contributed by atoms with Gasteiger partial charge in [-0.3, -0.25) is 4.79 Å². The van der Waals surface area contributed by atoms with Crippen LogP contribution in [0.1, 0.15) is 51.3 Å². The van der Waals surface area contributed by atoms with E-state index < -0.39 is 12.2 Å². The van der Waals surface area contributed by atoms with Gasteiger partial charge < -0.3 is 15.2 Å². The number of hydrogen-bond acceptors (Lipinski definition) is 3. The van der Waals surface area contributed by atoms with Crippen molar-refractivity contribution in [3.05, 3.63) is 29.3 Å². The van der Waals surface area contributed by atoms with Crippen molar-refractivity contribution < 1.29 is 14.6 Å². The summed E-state index contributed by atoms with van der Waals surface area (Å²) < 4.78 is 5.72. The maximum Gasteiger partial charge on any atom is 0.260 e. The number of hydrogen-bond donors (Lipinski definition) is 2. The molecular formula is C16H25NO3. The predicted molar refractivity (Wildman–Crippen MR) is 79.8 cm³/mol. The second-order valence-electron chi connectivity index (χ2n) is 5.30. The summed E-state index contributed by atoms with van der Waals surface area (Å²) in [5.41, 5.74) is 1.72. The Morgan fingerprint density at radius 2 is 2.00 bits per heavy atom. The molecule has 0 aliphatic carbocycles. The highest BCUT2D eigenvalue weighted by atomic mass is 16.5. The van der Waals surface area contributed by atoms with Crippen molar-refractivity contribution >= 4 is 5.91 Å². The molecule has 1 aromatic carbocycles. The van der Waals surface area contributed by atoms with Crippen molar-refractivity contribution in [2.75, 3.05) is 0 Å². The molecule has 3 atom stereocenters. The zero-order chi connectivity index (χ0) is 15.3. The molecule has 112 valence electrons. The number of carbonyl (C=O) groups is 1. The fourth-order valence-corrected chi connectivity index (χ4v) is 1.80. The molecule has 0 fully saturated rings. The Bertz CT molecular complexity index is 457. The van der Waals surface area contributed by atoms with E-state index in [0.717, 1.165) is 12.0 Å². The summed E-state index contributed by atoms with van der Waals surface area (Å²) in [6.45, 7) is 9.32. The first-order valence-corrected chi connectivity index (χ1v) is 7.10. The topological polar surface area (TPSA) is 58.6 Å². The maximum absolute atomic E-state index is 12.0. The molecule has 0 spiro atoms. The van der Waals surface area contributed by atoms with Crippen molar-refractivity contribution in [2.45, 2.75) is 59.3 Å². The minimum Gasteiger partial charge on any atom is -0.481 e. The Morgan fingerprint density at radius 3 is 2.55 bits per heavy atom. The summed E-state index contributed by atoms with van der Waals surface area (Å²) in [6.07, 6.45) is -0.347. The summed E-state index contributed by atoms with van der Waals surface area (Å²) >= 11 is 0. The number of aliphatic hydroxyl groups is 1. The van der Waals surface area contributed by atoms with Crippen molar-refractivity contribution in [1.82, 2.24) is 5.32 Å². The van der Waals surface area contributed by atoms with Gasteiger partial charge in [0, 0.05) is 11.6 Å². The Labute approximate surface area is 121 Å². The van der Waals surface area contributed by atoms with E-state index in [-0.39, 0.29) is 11.9 Å². The second-order valence-corrected chi connectivity index (χ2v) is 5.30. The van der Waals surface area contributed by atoms with Crippen LogP contribution in [0.5, 0.6) is 5.75 Å². The average Bonchev–Trinajstić information content (AvgIpc) is 2.38. The number of aliphatic hydroxyl groups excluding tert-OH is 1. The number of benzene rings is 1. The smallest absolute Gasteiger partial charge is 0.260 e. The number of carbonyl (C=O) groups excluding carboxylic acids is 1. The summed E-state index contributed by atoms with van der Waals surface area (Å²) in [4.78, 5) is 12.0. The van der Waals surface area contributed by atoms with E-state index in [0.29, 0.717) is 11.3 Å². The second kappa shape index (κ2) is 7.29. The molecule has 0 aromatic heterocycles. The van der Waals surface area contributed by atoms with Gasteiger partial charge in [-0.1, -0.05) is 19.1 Å². The first-order valence-electron chi connectivity index (χ1n) is 7.10. The van der Waals surface area contributed by atoms with Crippen LogP contribution in [0, 0.1) is 6.92 Å². The van der Waals surface area contributed by atoms with Crippen molar-refractivity contribution in [2.24, 2.45) is 0 Å². The van der Waals surface area contributed by atoms with Gasteiger partial charge in [0.1, 0.15) is 5.75 Å². The van der Waals surface area contributed by atoms with Gasteiger partial charge >= 0.3 is 0 Å². The fourth-order valence-electron chi connectivity index (χ4n) is 1.80. The lowest BCUT2D eigenvalue weighted by Crippen LogP contribution is -2.41. The highest BCUT2D eigenvalue weighted by Gasteiger charge is 2.19. The van der Waals surface area contributed by atoms with Gasteiger partial charge in [0.15, 0.2) is 6.10 Å². The molecule has 4 heteroatoms. The summed E-state index contributed by atoms with van der Waals surface area (Å²) in [5.74, 6) is 0.421.